The summed E-state index contributed by atoms with van der Waals surface area (Å²) in [4.78, 5) is 0. The van der Waals surface area contributed by atoms with Crippen LogP contribution in [0.4, 0.5) is 4.39 Å². The van der Waals surface area contributed by atoms with E-state index in [9.17, 15) is 4.39 Å². The third-order valence-corrected chi connectivity index (χ3v) is 4.38. The molecule has 0 radical (unpaired) electrons. The molecule has 0 heterocycles. The van der Waals surface area contributed by atoms with E-state index < -0.39 is 0 Å². The Hall–Kier alpha value is -1.25. The maximum atomic E-state index is 14.2. The maximum absolute atomic E-state index is 14.2. The molecule has 0 amide bonds. The van der Waals surface area contributed by atoms with Crippen molar-refractivity contribution < 1.29 is 13.9 Å². The van der Waals surface area contributed by atoms with Crippen molar-refractivity contribution in [2.24, 2.45) is 5.92 Å². The van der Waals surface area contributed by atoms with Crippen LogP contribution in [0.25, 0.3) is 0 Å². The molecule has 0 atom stereocenters. The summed E-state index contributed by atoms with van der Waals surface area (Å²) in [7, 11) is 0. The molecule has 2 aliphatic carbocycles. The van der Waals surface area contributed by atoms with Crippen molar-refractivity contribution in [2.45, 2.75) is 58.0 Å². The Bertz CT molecular complexity index is 462. The van der Waals surface area contributed by atoms with Gasteiger partial charge in [0.25, 0.3) is 0 Å². The number of hydrogen-bond acceptors (Lipinski definition) is 2. The van der Waals surface area contributed by atoms with Crippen LogP contribution >= 0.6 is 0 Å². The minimum atomic E-state index is -0.269. The van der Waals surface area contributed by atoms with Crippen LogP contribution in [0, 0.1) is 18.7 Å². The first-order chi connectivity index (χ1) is 9.74. The van der Waals surface area contributed by atoms with Gasteiger partial charge >= 0.3 is 0 Å². The molecule has 2 saturated carbocycles. The van der Waals surface area contributed by atoms with E-state index in [1.807, 2.05) is 6.07 Å². The van der Waals surface area contributed by atoms with Gasteiger partial charge in [-0.25, -0.2) is 4.39 Å². The van der Waals surface area contributed by atoms with Gasteiger partial charge in [0.15, 0.2) is 11.6 Å². The Labute approximate surface area is 120 Å². The van der Waals surface area contributed by atoms with Crippen molar-refractivity contribution in [1.29, 1.82) is 0 Å². The van der Waals surface area contributed by atoms with Crippen molar-refractivity contribution in [3.8, 4) is 11.5 Å². The highest BCUT2D eigenvalue weighted by Gasteiger charge is 2.25. The van der Waals surface area contributed by atoms with Gasteiger partial charge in [-0.1, -0.05) is 25.7 Å². The van der Waals surface area contributed by atoms with Crippen LogP contribution in [0.2, 0.25) is 0 Å². The number of hydrogen-bond donors (Lipinski definition) is 0. The van der Waals surface area contributed by atoms with E-state index in [0.29, 0.717) is 29.8 Å². The van der Waals surface area contributed by atoms with Crippen molar-refractivity contribution in [3.63, 3.8) is 0 Å². The third-order valence-electron chi connectivity index (χ3n) is 4.38. The van der Waals surface area contributed by atoms with E-state index >= 15 is 0 Å². The van der Waals surface area contributed by atoms with Gasteiger partial charge in [-0.15, -0.1) is 0 Å². The van der Waals surface area contributed by atoms with E-state index in [4.69, 9.17) is 9.47 Å². The van der Waals surface area contributed by atoms with Crippen LogP contribution in [-0.2, 0) is 0 Å². The highest BCUT2D eigenvalue weighted by Crippen LogP contribution is 2.33. The molecular formula is C17H23FO2. The summed E-state index contributed by atoms with van der Waals surface area (Å²) in [5.41, 5.74) is 0.565. The first kappa shape index (κ1) is 13.7. The molecule has 1 aromatic rings. The molecule has 0 aromatic heterocycles. The standard InChI is InChI=1S/C17H23FO2/c1-12-15(20-14-6-7-14)8-9-16(17(12)18)19-11-10-13-4-2-3-5-13/h8-9,13-14H,2-7,10-11H2,1H3. The van der Waals surface area contributed by atoms with Crippen molar-refractivity contribution >= 4 is 0 Å². The molecule has 2 nitrogen and oxygen atoms in total. The topological polar surface area (TPSA) is 18.5 Å². The second-order valence-electron chi connectivity index (χ2n) is 6.11. The molecule has 0 unspecified atom stereocenters. The Balaban J connectivity index is 1.56. The molecule has 0 N–H and O–H groups in total. The normalized spacial score (nSPS) is 19.3. The number of rotatable bonds is 6. The minimum Gasteiger partial charge on any atom is -0.490 e. The fraction of sp³-hybridized carbons (Fsp3) is 0.647. The highest BCUT2D eigenvalue weighted by molar-refractivity contribution is 5.41. The van der Waals surface area contributed by atoms with Crippen LogP contribution in [-0.4, -0.2) is 12.7 Å². The van der Waals surface area contributed by atoms with Gasteiger partial charge in [0.2, 0.25) is 0 Å². The first-order valence-electron chi connectivity index (χ1n) is 7.82. The van der Waals surface area contributed by atoms with Gasteiger partial charge in [-0.2, -0.15) is 0 Å². The molecule has 110 valence electrons. The Morgan fingerprint density at radius 1 is 1.10 bits per heavy atom. The van der Waals surface area contributed by atoms with E-state index in [2.05, 4.69) is 0 Å². The third kappa shape index (κ3) is 3.25. The molecule has 3 rings (SSSR count). The smallest absolute Gasteiger partial charge is 0.171 e. The number of ether oxygens (including phenoxy) is 2. The average molecular weight is 278 g/mol. The summed E-state index contributed by atoms with van der Waals surface area (Å²) in [5.74, 6) is 1.53. The van der Waals surface area contributed by atoms with Crippen LogP contribution in [0.3, 0.4) is 0 Å². The van der Waals surface area contributed by atoms with Gasteiger partial charge in [0.1, 0.15) is 5.75 Å². The Kier molecular flexibility index (Phi) is 4.13. The summed E-state index contributed by atoms with van der Waals surface area (Å²) >= 11 is 0. The van der Waals surface area contributed by atoms with Gasteiger partial charge in [-0.3, -0.25) is 0 Å². The molecular weight excluding hydrogens is 255 g/mol. The van der Waals surface area contributed by atoms with Crippen molar-refractivity contribution in [1.82, 2.24) is 0 Å². The molecule has 0 saturated heterocycles. The molecule has 0 aliphatic heterocycles. The van der Waals surface area contributed by atoms with E-state index in [-0.39, 0.29) is 5.82 Å². The summed E-state index contributed by atoms with van der Waals surface area (Å²) in [6.45, 7) is 2.38. The van der Waals surface area contributed by atoms with Gasteiger partial charge in [0.05, 0.1) is 12.7 Å². The van der Waals surface area contributed by atoms with Crippen LogP contribution in [0.5, 0.6) is 11.5 Å². The average Bonchev–Trinajstić information content (AvgIpc) is 3.11. The van der Waals surface area contributed by atoms with Gasteiger partial charge in [0, 0.05) is 5.56 Å². The zero-order chi connectivity index (χ0) is 13.9. The summed E-state index contributed by atoms with van der Waals surface area (Å²) in [5, 5.41) is 0. The lowest BCUT2D eigenvalue weighted by Gasteiger charge is -2.14. The van der Waals surface area contributed by atoms with E-state index in [1.54, 1.807) is 13.0 Å². The Morgan fingerprint density at radius 3 is 2.50 bits per heavy atom. The summed E-state index contributed by atoms with van der Waals surface area (Å²) in [6.07, 6.45) is 8.79. The predicted molar refractivity (Wildman–Crippen MR) is 76.9 cm³/mol. The predicted octanol–water partition coefficient (Wildman–Crippen LogP) is 4.63. The lowest BCUT2D eigenvalue weighted by atomic mass is 10.1. The summed E-state index contributed by atoms with van der Waals surface area (Å²) in [6, 6.07) is 3.54. The SMILES string of the molecule is Cc1c(OC2CC2)ccc(OCCC2CCCC2)c1F. The molecule has 2 fully saturated rings. The van der Waals surface area contributed by atoms with E-state index in [0.717, 1.165) is 25.2 Å². The van der Waals surface area contributed by atoms with Crippen molar-refractivity contribution in [3.05, 3.63) is 23.5 Å². The fourth-order valence-electron chi connectivity index (χ4n) is 2.88. The second kappa shape index (κ2) is 6.02. The maximum Gasteiger partial charge on any atom is 0.171 e. The monoisotopic (exact) mass is 278 g/mol. The Morgan fingerprint density at radius 2 is 1.80 bits per heavy atom. The van der Waals surface area contributed by atoms with Gasteiger partial charge in [-0.05, 0) is 44.2 Å². The molecule has 1 aromatic carbocycles. The van der Waals surface area contributed by atoms with Crippen LogP contribution < -0.4 is 9.47 Å². The fourth-order valence-corrected chi connectivity index (χ4v) is 2.88. The highest BCUT2D eigenvalue weighted by atomic mass is 19.1. The largest absolute Gasteiger partial charge is 0.490 e. The lowest BCUT2D eigenvalue weighted by molar-refractivity contribution is 0.263. The van der Waals surface area contributed by atoms with E-state index in [1.165, 1.54) is 25.7 Å². The molecule has 2 aliphatic rings. The second-order valence-corrected chi connectivity index (χ2v) is 6.11. The molecule has 3 heteroatoms. The molecule has 20 heavy (non-hydrogen) atoms. The first-order valence-corrected chi connectivity index (χ1v) is 7.82. The molecule has 0 bridgehead atoms. The van der Waals surface area contributed by atoms with Crippen LogP contribution in [0.1, 0.15) is 50.5 Å². The quantitative estimate of drug-likeness (QED) is 0.755. The summed E-state index contributed by atoms with van der Waals surface area (Å²) < 4.78 is 25.5. The number of halogens is 1. The van der Waals surface area contributed by atoms with Crippen molar-refractivity contribution in [2.75, 3.05) is 6.61 Å². The number of benzene rings is 1. The van der Waals surface area contributed by atoms with Gasteiger partial charge < -0.3 is 9.47 Å². The molecule has 0 spiro atoms. The zero-order valence-corrected chi connectivity index (χ0v) is 12.2. The zero-order valence-electron chi connectivity index (χ0n) is 12.2. The minimum absolute atomic E-state index is 0.269. The van der Waals surface area contributed by atoms with Crippen LogP contribution in [0.15, 0.2) is 12.1 Å². The lowest BCUT2D eigenvalue weighted by Crippen LogP contribution is -2.06.